The summed E-state index contributed by atoms with van der Waals surface area (Å²) < 4.78 is 0. The zero-order chi connectivity index (χ0) is 12.9. The van der Waals surface area contributed by atoms with E-state index < -0.39 is 0 Å². The van der Waals surface area contributed by atoms with Crippen LogP contribution in [-0.2, 0) is 0 Å². The molecule has 3 aromatic carbocycles. The molecule has 0 atom stereocenters. The predicted octanol–water partition coefficient (Wildman–Crippen LogP) is 1.71. The van der Waals surface area contributed by atoms with Gasteiger partial charge < -0.3 is 0 Å². The fourth-order valence-electron chi connectivity index (χ4n) is 2.31. The van der Waals surface area contributed by atoms with Crippen LogP contribution in [0.2, 0.25) is 0 Å². The molecule has 0 radical (unpaired) electrons. The molecule has 0 unspecified atom stereocenters. The number of rotatable bonds is 3. The van der Waals surface area contributed by atoms with Crippen molar-refractivity contribution in [2.24, 2.45) is 0 Å². The Morgan fingerprint density at radius 1 is 0.400 bits per heavy atom. The van der Waals surface area contributed by atoms with Gasteiger partial charge >= 0.3 is 18.9 Å². The Balaban J connectivity index is 0.00000147. The van der Waals surface area contributed by atoms with Crippen molar-refractivity contribution in [3.63, 3.8) is 0 Å². The third kappa shape index (κ3) is 3.17. The van der Waals surface area contributed by atoms with Crippen LogP contribution in [0.25, 0.3) is 0 Å². The molecule has 0 aliphatic carbocycles. The maximum absolute atomic E-state index is 2.16. The van der Waals surface area contributed by atoms with E-state index in [2.05, 4.69) is 91.0 Å². The molecule has 0 aliphatic heterocycles. The molecule has 0 saturated heterocycles. The average molecular weight is 250 g/mol. The number of hydrogen-bond acceptors (Lipinski definition) is 0. The fraction of sp³-hybridized carbons (Fsp3) is 0. The molecule has 0 heterocycles. The van der Waals surface area contributed by atoms with Crippen molar-refractivity contribution in [2.45, 2.75) is 0 Å². The molecule has 0 N–H and O–H groups in total. The third-order valence-electron chi connectivity index (χ3n) is 3.19. The summed E-state index contributed by atoms with van der Waals surface area (Å²) >= 11 is 0. The van der Waals surface area contributed by atoms with E-state index in [0.717, 1.165) is 0 Å². The number of hydrogen-bond donors (Lipinski definition) is 0. The molecule has 0 aromatic heterocycles. The molecule has 1 heteroatoms. The average Bonchev–Trinajstić information content (AvgIpc) is 2.51. The largest absolute Gasteiger partial charge is 1.00 e. The second kappa shape index (κ2) is 7.06. The van der Waals surface area contributed by atoms with Crippen LogP contribution < -0.4 is 18.9 Å². The van der Waals surface area contributed by atoms with Crippen LogP contribution in [0.1, 0.15) is 16.7 Å². The molecule has 3 rings (SSSR count). The zero-order valence-corrected chi connectivity index (χ0v) is 11.7. The van der Waals surface area contributed by atoms with Crippen molar-refractivity contribution < 1.29 is 18.9 Å². The summed E-state index contributed by atoms with van der Waals surface area (Å²) in [5.74, 6) is 1.28. The van der Waals surface area contributed by atoms with Gasteiger partial charge in [0.15, 0.2) is 0 Å². The molecule has 0 spiro atoms. The SMILES string of the molecule is [Li+].c1ccc([C-](c2ccccc2)c2ccccc2)cc1. The van der Waals surface area contributed by atoms with Crippen LogP contribution in [0.4, 0.5) is 0 Å². The first kappa shape index (κ1) is 14.5. The Hall–Kier alpha value is -1.87. The third-order valence-corrected chi connectivity index (χ3v) is 3.19. The Morgan fingerprint density at radius 3 is 0.900 bits per heavy atom. The Bertz CT molecular complexity index is 524. The van der Waals surface area contributed by atoms with Gasteiger partial charge in [0.2, 0.25) is 0 Å². The normalized spacial score (nSPS) is 9.60. The summed E-state index contributed by atoms with van der Waals surface area (Å²) in [6, 6.07) is 31.6. The van der Waals surface area contributed by atoms with Crippen molar-refractivity contribution in [2.75, 3.05) is 0 Å². The summed E-state index contributed by atoms with van der Waals surface area (Å²) in [6.07, 6.45) is 0. The van der Waals surface area contributed by atoms with E-state index in [9.17, 15) is 0 Å². The standard InChI is InChI=1S/C19H15.Li/c1-4-10-16(11-5-1)19(17-12-6-2-7-13-17)18-14-8-3-9-15-18;/h1-15H;/q-1;+1. The van der Waals surface area contributed by atoms with Gasteiger partial charge in [-0.1, -0.05) is 114 Å². The minimum atomic E-state index is 0. The summed E-state index contributed by atoms with van der Waals surface area (Å²) in [7, 11) is 0. The second-order valence-corrected chi connectivity index (χ2v) is 4.47. The molecular weight excluding hydrogens is 235 g/mol. The minimum Gasteiger partial charge on any atom is -0.0999 e. The maximum atomic E-state index is 2.16. The maximum Gasteiger partial charge on any atom is 1.00 e. The molecular formula is C19H15Li. The van der Waals surface area contributed by atoms with Crippen LogP contribution in [0.5, 0.6) is 0 Å². The molecule has 92 valence electrons. The van der Waals surface area contributed by atoms with Crippen molar-refractivity contribution in [3.05, 3.63) is 114 Å². The van der Waals surface area contributed by atoms with Crippen LogP contribution in [0.15, 0.2) is 91.0 Å². The smallest absolute Gasteiger partial charge is 0.0999 e. The van der Waals surface area contributed by atoms with E-state index in [-0.39, 0.29) is 18.9 Å². The Morgan fingerprint density at radius 2 is 0.650 bits per heavy atom. The fourth-order valence-corrected chi connectivity index (χ4v) is 2.31. The quantitative estimate of drug-likeness (QED) is 0.377. The monoisotopic (exact) mass is 250 g/mol. The second-order valence-electron chi connectivity index (χ2n) is 4.47. The van der Waals surface area contributed by atoms with Gasteiger partial charge in [-0.25, -0.2) is 0 Å². The Kier molecular flexibility index (Phi) is 5.13. The molecule has 0 amide bonds. The minimum absolute atomic E-state index is 0. The van der Waals surface area contributed by atoms with E-state index >= 15 is 0 Å². The molecule has 0 saturated carbocycles. The Labute approximate surface area is 132 Å². The summed E-state index contributed by atoms with van der Waals surface area (Å²) in [5.41, 5.74) is 3.75. The van der Waals surface area contributed by atoms with Crippen molar-refractivity contribution >= 4 is 0 Å². The molecule has 0 aliphatic rings. The first-order chi connectivity index (χ1) is 9.45. The topological polar surface area (TPSA) is 0 Å². The van der Waals surface area contributed by atoms with Crippen molar-refractivity contribution in [1.82, 2.24) is 0 Å². The van der Waals surface area contributed by atoms with Gasteiger partial charge in [0, 0.05) is 0 Å². The molecule has 20 heavy (non-hydrogen) atoms. The van der Waals surface area contributed by atoms with Crippen LogP contribution in [0.3, 0.4) is 0 Å². The molecule has 0 nitrogen and oxygen atoms in total. The van der Waals surface area contributed by atoms with Gasteiger partial charge in [0.25, 0.3) is 0 Å². The van der Waals surface area contributed by atoms with E-state index in [0.29, 0.717) is 0 Å². The van der Waals surface area contributed by atoms with Gasteiger partial charge in [-0.15, -0.1) is 0 Å². The van der Waals surface area contributed by atoms with Gasteiger partial charge in [-0.2, -0.15) is 0 Å². The van der Waals surface area contributed by atoms with E-state index in [4.69, 9.17) is 0 Å². The van der Waals surface area contributed by atoms with Crippen molar-refractivity contribution in [1.29, 1.82) is 0 Å². The van der Waals surface area contributed by atoms with E-state index in [1.54, 1.807) is 0 Å². The summed E-state index contributed by atoms with van der Waals surface area (Å²) in [6.45, 7) is 0. The van der Waals surface area contributed by atoms with E-state index in [1.807, 2.05) is 0 Å². The number of benzene rings is 3. The van der Waals surface area contributed by atoms with Crippen molar-refractivity contribution in [3.8, 4) is 0 Å². The first-order valence-electron chi connectivity index (χ1n) is 6.48. The van der Waals surface area contributed by atoms with Crippen LogP contribution >= 0.6 is 0 Å². The first-order valence-corrected chi connectivity index (χ1v) is 6.48. The molecule has 0 fully saturated rings. The molecule has 3 aromatic rings. The molecule has 0 bridgehead atoms. The predicted molar refractivity (Wildman–Crippen MR) is 79.9 cm³/mol. The summed E-state index contributed by atoms with van der Waals surface area (Å²) in [5, 5.41) is 0. The van der Waals surface area contributed by atoms with Gasteiger partial charge in [0.05, 0.1) is 0 Å². The van der Waals surface area contributed by atoms with Crippen LogP contribution in [0, 0.1) is 5.92 Å². The van der Waals surface area contributed by atoms with E-state index in [1.165, 1.54) is 22.6 Å². The van der Waals surface area contributed by atoms with Crippen LogP contribution in [-0.4, -0.2) is 0 Å². The van der Waals surface area contributed by atoms with Gasteiger partial charge in [-0.3, -0.25) is 0 Å². The zero-order valence-electron chi connectivity index (χ0n) is 11.7. The summed E-state index contributed by atoms with van der Waals surface area (Å²) in [4.78, 5) is 0. The van der Waals surface area contributed by atoms with Gasteiger partial charge in [-0.05, 0) is 0 Å². The van der Waals surface area contributed by atoms with Gasteiger partial charge in [0.1, 0.15) is 0 Å².